The van der Waals surface area contributed by atoms with Crippen LogP contribution in [0.3, 0.4) is 0 Å². The van der Waals surface area contributed by atoms with Gasteiger partial charge in [-0.15, -0.1) is 0 Å². The van der Waals surface area contributed by atoms with Crippen LogP contribution >= 0.6 is 0 Å². The van der Waals surface area contributed by atoms with E-state index in [1.165, 1.54) is 6.07 Å². The molecular weight excluding hydrogens is 367 g/mol. The topological polar surface area (TPSA) is 59.0 Å². The van der Waals surface area contributed by atoms with Gasteiger partial charge in [-0.3, -0.25) is 4.68 Å². The van der Waals surface area contributed by atoms with E-state index in [-0.39, 0.29) is 11.8 Å². The maximum atomic E-state index is 14.0. The Hall–Kier alpha value is -3.67. The number of benzene rings is 3. The van der Waals surface area contributed by atoms with E-state index in [0.717, 1.165) is 22.2 Å². The molecule has 2 N–H and O–H groups in total. The van der Waals surface area contributed by atoms with Crippen molar-refractivity contribution in [3.05, 3.63) is 89.5 Å². The first-order valence-electron chi connectivity index (χ1n) is 9.36. The minimum absolute atomic E-state index is 0.275. The summed E-state index contributed by atoms with van der Waals surface area (Å²) in [6, 6.07) is 19.9. The Balaban J connectivity index is 1.54. The van der Waals surface area contributed by atoms with Crippen molar-refractivity contribution in [2.24, 2.45) is 0 Å². The Labute approximate surface area is 168 Å². The van der Waals surface area contributed by atoms with Crippen LogP contribution in [0.4, 0.5) is 20.6 Å². The van der Waals surface area contributed by atoms with Crippen LogP contribution in [0.5, 0.6) is 0 Å². The number of nitrogens with one attached hydrogen (secondary N) is 2. The van der Waals surface area contributed by atoms with E-state index in [1.54, 1.807) is 22.9 Å². The third-order valence-electron chi connectivity index (χ3n) is 4.94. The van der Waals surface area contributed by atoms with Crippen molar-refractivity contribution >= 4 is 28.2 Å². The molecule has 3 aromatic carbocycles. The Bertz CT molecular complexity index is 1190. The lowest BCUT2D eigenvalue weighted by atomic mass is 10.1. The molecule has 1 aromatic heterocycles. The number of anilines is 2. The molecule has 4 aromatic rings. The number of rotatable bonds is 4. The van der Waals surface area contributed by atoms with Crippen molar-refractivity contribution in [3.63, 3.8) is 0 Å². The summed E-state index contributed by atoms with van der Waals surface area (Å²) in [5.41, 5.74) is 3.34. The van der Waals surface area contributed by atoms with E-state index in [4.69, 9.17) is 0 Å². The molecule has 29 heavy (non-hydrogen) atoms. The molecule has 5 nitrogen and oxygen atoms in total. The summed E-state index contributed by atoms with van der Waals surface area (Å²) in [6.07, 6.45) is 0. The molecule has 0 saturated heterocycles. The van der Waals surface area contributed by atoms with Gasteiger partial charge in [0, 0.05) is 10.9 Å². The van der Waals surface area contributed by atoms with Crippen LogP contribution in [0.25, 0.3) is 10.8 Å². The van der Waals surface area contributed by atoms with Crippen molar-refractivity contribution in [1.29, 1.82) is 0 Å². The molecule has 0 fully saturated rings. The number of urea groups is 1. The Morgan fingerprint density at radius 2 is 1.69 bits per heavy atom. The fourth-order valence-electron chi connectivity index (χ4n) is 3.42. The summed E-state index contributed by atoms with van der Waals surface area (Å²) in [4.78, 5) is 12.6. The van der Waals surface area contributed by atoms with Crippen LogP contribution in [0, 0.1) is 19.7 Å². The van der Waals surface area contributed by atoms with E-state index < -0.39 is 0 Å². The summed E-state index contributed by atoms with van der Waals surface area (Å²) >= 11 is 0. The lowest BCUT2D eigenvalue weighted by Gasteiger charge is -2.11. The van der Waals surface area contributed by atoms with Crippen molar-refractivity contribution in [2.45, 2.75) is 20.4 Å². The van der Waals surface area contributed by atoms with Gasteiger partial charge in [0.05, 0.1) is 29.3 Å². The highest BCUT2D eigenvalue weighted by atomic mass is 19.1. The molecule has 0 aliphatic rings. The molecular formula is C23H21FN4O. The minimum Gasteiger partial charge on any atom is -0.307 e. The van der Waals surface area contributed by atoms with Gasteiger partial charge in [0.1, 0.15) is 5.82 Å². The average molecular weight is 388 g/mol. The molecule has 1 heterocycles. The molecule has 0 atom stereocenters. The highest BCUT2D eigenvalue weighted by molar-refractivity contribution is 6.06. The molecule has 0 spiro atoms. The second-order valence-corrected chi connectivity index (χ2v) is 6.90. The third-order valence-corrected chi connectivity index (χ3v) is 4.94. The fraction of sp³-hybridized carbons (Fsp3) is 0.130. The molecule has 0 aliphatic carbocycles. The number of amides is 2. The van der Waals surface area contributed by atoms with Crippen LogP contribution in [0.15, 0.2) is 66.7 Å². The predicted octanol–water partition coefficient (Wildman–Crippen LogP) is 5.48. The first-order valence-corrected chi connectivity index (χ1v) is 9.36. The zero-order chi connectivity index (χ0) is 20.4. The van der Waals surface area contributed by atoms with Gasteiger partial charge in [-0.2, -0.15) is 5.10 Å². The molecule has 2 amide bonds. The first-order chi connectivity index (χ1) is 14.0. The minimum atomic E-state index is -0.349. The van der Waals surface area contributed by atoms with E-state index >= 15 is 0 Å². The summed E-state index contributed by atoms with van der Waals surface area (Å²) in [7, 11) is 0. The largest absolute Gasteiger partial charge is 0.323 e. The first kappa shape index (κ1) is 18.7. The van der Waals surface area contributed by atoms with Crippen molar-refractivity contribution in [1.82, 2.24) is 9.78 Å². The molecule has 0 aliphatic heterocycles. The van der Waals surface area contributed by atoms with Crippen molar-refractivity contribution in [2.75, 3.05) is 10.6 Å². The van der Waals surface area contributed by atoms with Gasteiger partial charge in [-0.25, -0.2) is 9.18 Å². The van der Waals surface area contributed by atoms with Gasteiger partial charge in [0.25, 0.3) is 0 Å². The number of hydrogen-bond donors (Lipinski definition) is 2. The lowest BCUT2D eigenvalue weighted by molar-refractivity contribution is 0.262. The summed E-state index contributed by atoms with van der Waals surface area (Å²) < 4.78 is 15.7. The molecule has 0 saturated carbocycles. The highest BCUT2D eigenvalue weighted by Crippen LogP contribution is 2.25. The van der Waals surface area contributed by atoms with Crippen LogP contribution in [-0.2, 0) is 6.54 Å². The molecule has 0 bridgehead atoms. The third kappa shape index (κ3) is 3.82. The molecule has 146 valence electrons. The Morgan fingerprint density at radius 1 is 0.966 bits per heavy atom. The SMILES string of the molecule is Cc1nn(Cc2ccccc2F)c(C)c1NC(=O)Nc1cccc2ccccc12. The number of hydrogen-bond acceptors (Lipinski definition) is 2. The lowest BCUT2D eigenvalue weighted by Crippen LogP contribution is -2.20. The summed E-state index contributed by atoms with van der Waals surface area (Å²) in [5, 5.41) is 12.3. The standard InChI is InChI=1S/C23H21FN4O/c1-15-22(16(2)28(27-15)14-18-9-4-6-12-20(18)24)26-23(29)25-21-13-7-10-17-8-3-5-11-19(17)21/h3-13H,14H2,1-2H3,(H2,25,26,29). The average Bonchev–Trinajstić information content (AvgIpc) is 2.97. The van der Waals surface area contributed by atoms with Gasteiger partial charge in [-0.1, -0.05) is 54.6 Å². The number of halogens is 1. The summed E-state index contributed by atoms with van der Waals surface area (Å²) in [5.74, 6) is -0.275. The van der Waals surface area contributed by atoms with E-state index in [1.807, 2.05) is 56.3 Å². The normalized spacial score (nSPS) is 10.9. The maximum Gasteiger partial charge on any atom is 0.323 e. The zero-order valence-electron chi connectivity index (χ0n) is 16.2. The number of aromatic nitrogens is 2. The van der Waals surface area contributed by atoms with Crippen molar-refractivity contribution < 1.29 is 9.18 Å². The highest BCUT2D eigenvalue weighted by Gasteiger charge is 2.16. The smallest absolute Gasteiger partial charge is 0.307 e. The number of nitrogens with zero attached hydrogens (tertiary/aromatic N) is 2. The van der Waals surface area contributed by atoms with E-state index in [2.05, 4.69) is 15.7 Å². The second kappa shape index (κ2) is 7.75. The van der Waals surface area contributed by atoms with E-state index in [9.17, 15) is 9.18 Å². The fourth-order valence-corrected chi connectivity index (χ4v) is 3.42. The Kier molecular flexibility index (Phi) is 4.99. The van der Waals surface area contributed by atoms with Gasteiger partial charge in [-0.05, 0) is 31.4 Å². The quantitative estimate of drug-likeness (QED) is 0.486. The van der Waals surface area contributed by atoms with Crippen LogP contribution in [0.1, 0.15) is 17.0 Å². The van der Waals surface area contributed by atoms with Gasteiger partial charge in [0.15, 0.2) is 0 Å². The van der Waals surface area contributed by atoms with Crippen LogP contribution in [0.2, 0.25) is 0 Å². The van der Waals surface area contributed by atoms with Crippen LogP contribution in [-0.4, -0.2) is 15.8 Å². The van der Waals surface area contributed by atoms with Gasteiger partial charge in [0.2, 0.25) is 0 Å². The van der Waals surface area contributed by atoms with Crippen molar-refractivity contribution in [3.8, 4) is 0 Å². The summed E-state index contributed by atoms with van der Waals surface area (Å²) in [6.45, 7) is 3.97. The number of carbonyl (C=O) groups is 1. The maximum absolute atomic E-state index is 14.0. The van der Waals surface area contributed by atoms with E-state index in [0.29, 0.717) is 23.5 Å². The molecule has 4 rings (SSSR count). The monoisotopic (exact) mass is 388 g/mol. The number of carbonyl (C=O) groups excluding carboxylic acids is 1. The second-order valence-electron chi connectivity index (χ2n) is 6.90. The zero-order valence-corrected chi connectivity index (χ0v) is 16.2. The van der Waals surface area contributed by atoms with Gasteiger partial charge >= 0.3 is 6.03 Å². The number of fused-ring (bicyclic) bond motifs is 1. The number of aryl methyl sites for hydroxylation is 1. The Morgan fingerprint density at radius 3 is 2.52 bits per heavy atom. The molecule has 6 heteroatoms. The van der Waals surface area contributed by atoms with Crippen LogP contribution < -0.4 is 10.6 Å². The van der Waals surface area contributed by atoms with Gasteiger partial charge < -0.3 is 10.6 Å². The predicted molar refractivity (Wildman–Crippen MR) is 114 cm³/mol. The molecule has 0 unspecified atom stereocenters. The molecule has 0 radical (unpaired) electrons.